The van der Waals surface area contributed by atoms with Gasteiger partial charge in [-0.1, -0.05) is 55.0 Å². The SMILES string of the molecule is C=CC(=O)Nc1cc(NC2NC(Nc3ccccc3P(C)(C)=O)C(Cl)C[N+]23CCCCCCCC3)c(Cl)cc1C#CCN(C)C. The van der Waals surface area contributed by atoms with Crippen molar-refractivity contribution in [3.05, 3.63) is 59.6 Å². The van der Waals surface area contributed by atoms with E-state index in [2.05, 4.69) is 39.7 Å². The standard InChI is InChI=1S/C34H47Cl2N6O2P/c1-6-32(43)37-29-23-30(26(35)22-25(29)16-15-19-41(2)3)39-34-40-33(38-28-17-11-12-18-31(28)45(4,5)44)27(36)24-42(34)20-13-9-7-8-10-14-21-42/h6,11-12,17-18,22-23,27,33-34,39-40H,1,7-10,13-14,19-21,24H2,2-5H3,(H-,37,38,43,44)/p+1. The Bertz CT molecular complexity index is 1460. The summed E-state index contributed by atoms with van der Waals surface area (Å²) >= 11 is 14.1. The Kier molecular flexibility index (Phi) is 12.5. The van der Waals surface area contributed by atoms with Crippen LogP contribution in [0, 0.1) is 11.8 Å². The lowest BCUT2D eigenvalue weighted by Crippen LogP contribution is -2.75. The molecule has 0 bridgehead atoms. The van der Waals surface area contributed by atoms with Gasteiger partial charge in [0.05, 0.1) is 36.0 Å². The first kappa shape index (κ1) is 35.4. The van der Waals surface area contributed by atoms with Gasteiger partial charge in [0.1, 0.15) is 25.2 Å². The first-order chi connectivity index (χ1) is 21.4. The lowest BCUT2D eigenvalue weighted by atomic mass is 10.1. The van der Waals surface area contributed by atoms with Crippen LogP contribution in [0.25, 0.3) is 0 Å². The lowest BCUT2D eigenvalue weighted by molar-refractivity contribution is -0.955. The summed E-state index contributed by atoms with van der Waals surface area (Å²) in [4.78, 5) is 14.4. The molecule has 8 nitrogen and oxygen atoms in total. The molecule has 244 valence electrons. The zero-order valence-electron chi connectivity index (χ0n) is 27.0. The van der Waals surface area contributed by atoms with E-state index in [4.69, 9.17) is 23.2 Å². The first-order valence-corrected chi connectivity index (χ1v) is 19.2. The molecule has 0 aromatic heterocycles. The second-order valence-corrected chi connectivity index (χ2v) is 17.0. The Hall–Kier alpha value is -2.50. The van der Waals surface area contributed by atoms with Crippen LogP contribution in [-0.2, 0) is 9.36 Å². The van der Waals surface area contributed by atoms with Gasteiger partial charge in [0.2, 0.25) is 12.2 Å². The minimum atomic E-state index is -2.53. The van der Waals surface area contributed by atoms with Crippen molar-refractivity contribution in [1.82, 2.24) is 10.2 Å². The summed E-state index contributed by atoms with van der Waals surface area (Å²) in [6.07, 6.45) is 7.80. The molecule has 2 aromatic carbocycles. The number of hydrogen-bond acceptors (Lipinski definition) is 6. The summed E-state index contributed by atoms with van der Waals surface area (Å²) in [5, 5.41) is 15.1. The summed E-state index contributed by atoms with van der Waals surface area (Å²) in [6.45, 7) is 10.4. The van der Waals surface area contributed by atoms with Gasteiger partial charge in [0, 0.05) is 16.6 Å². The van der Waals surface area contributed by atoms with Crippen molar-refractivity contribution in [2.45, 2.75) is 56.4 Å². The number of halogens is 2. The van der Waals surface area contributed by atoms with Crippen molar-refractivity contribution in [2.24, 2.45) is 0 Å². The first-order valence-electron chi connectivity index (χ1n) is 15.8. The molecule has 4 rings (SSSR count). The maximum Gasteiger partial charge on any atom is 0.247 e. The van der Waals surface area contributed by atoms with Gasteiger partial charge in [0.15, 0.2) is 0 Å². The van der Waals surface area contributed by atoms with Crippen LogP contribution in [0.15, 0.2) is 49.1 Å². The Morgan fingerprint density at radius 1 is 1.07 bits per heavy atom. The van der Waals surface area contributed by atoms with E-state index in [0.29, 0.717) is 28.5 Å². The van der Waals surface area contributed by atoms with E-state index in [-0.39, 0.29) is 23.7 Å². The van der Waals surface area contributed by atoms with Crippen LogP contribution in [0.2, 0.25) is 5.02 Å². The summed E-state index contributed by atoms with van der Waals surface area (Å²) in [6, 6.07) is 11.4. The summed E-state index contributed by atoms with van der Waals surface area (Å²) in [5.41, 5.74) is 2.69. The van der Waals surface area contributed by atoms with Gasteiger partial charge < -0.3 is 20.5 Å². The zero-order chi connectivity index (χ0) is 32.6. The fourth-order valence-electron chi connectivity index (χ4n) is 6.16. The molecule has 0 radical (unpaired) electrons. The van der Waals surface area contributed by atoms with Crippen molar-refractivity contribution in [3.63, 3.8) is 0 Å². The van der Waals surface area contributed by atoms with Gasteiger partial charge in [-0.25, -0.2) is 5.32 Å². The highest BCUT2D eigenvalue weighted by atomic mass is 35.5. The molecule has 3 atom stereocenters. The third-order valence-electron chi connectivity index (χ3n) is 8.50. The van der Waals surface area contributed by atoms with Crippen molar-refractivity contribution < 1.29 is 13.8 Å². The Balaban J connectivity index is 1.72. The molecule has 0 saturated carbocycles. The van der Waals surface area contributed by atoms with Crippen molar-refractivity contribution in [2.75, 3.05) is 69.6 Å². The minimum absolute atomic E-state index is 0.225. The van der Waals surface area contributed by atoms with Crippen molar-refractivity contribution in [1.29, 1.82) is 0 Å². The van der Waals surface area contributed by atoms with Crippen LogP contribution in [-0.4, -0.2) is 86.7 Å². The average molecular weight is 675 g/mol. The number of alkyl halides is 1. The molecule has 1 spiro atoms. The third kappa shape index (κ3) is 9.51. The summed E-state index contributed by atoms with van der Waals surface area (Å²) < 4.78 is 13.9. The van der Waals surface area contributed by atoms with Crippen LogP contribution in [0.4, 0.5) is 17.1 Å². The Morgan fingerprint density at radius 2 is 1.73 bits per heavy atom. The quantitative estimate of drug-likeness (QED) is 0.0886. The number of quaternary nitrogens is 1. The number of nitrogens with zero attached hydrogens (tertiary/aromatic N) is 2. The second kappa shape index (κ2) is 15.9. The molecule has 2 saturated heterocycles. The van der Waals surface area contributed by atoms with Gasteiger partial charge in [-0.15, -0.1) is 11.6 Å². The molecule has 4 N–H and O–H groups in total. The Morgan fingerprint density at radius 3 is 2.38 bits per heavy atom. The maximum atomic E-state index is 13.1. The smallest absolute Gasteiger partial charge is 0.247 e. The molecule has 2 aromatic rings. The normalized spacial score (nSPS) is 21.9. The minimum Gasteiger partial charge on any atom is -0.368 e. The lowest BCUT2D eigenvalue weighted by Gasteiger charge is -2.52. The number of carbonyl (C=O) groups excluding carboxylic acids is 1. The highest BCUT2D eigenvalue weighted by Gasteiger charge is 2.47. The fraction of sp³-hybridized carbons (Fsp3) is 0.500. The molecule has 2 aliphatic heterocycles. The van der Waals surface area contributed by atoms with E-state index < -0.39 is 7.14 Å². The number of amides is 1. The molecule has 11 heteroatoms. The highest BCUT2D eigenvalue weighted by Crippen LogP contribution is 2.38. The largest absolute Gasteiger partial charge is 0.368 e. The predicted octanol–water partition coefficient (Wildman–Crippen LogP) is 6.14. The van der Waals surface area contributed by atoms with Gasteiger partial charge in [-0.2, -0.15) is 0 Å². The van der Waals surface area contributed by atoms with Gasteiger partial charge >= 0.3 is 0 Å². The number of rotatable bonds is 8. The number of carbonyl (C=O) groups is 1. The fourth-order valence-corrected chi connectivity index (χ4v) is 7.96. The van der Waals surface area contributed by atoms with Crippen LogP contribution in [0.3, 0.4) is 0 Å². The number of anilines is 3. The molecular weight excluding hydrogens is 626 g/mol. The third-order valence-corrected chi connectivity index (χ3v) is 10.8. The molecule has 3 unspecified atom stereocenters. The average Bonchev–Trinajstić information content (AvgIpc) is 3.09. The molecule has 45 heavy (non-hydrogen) atoms. The van der Waals surface area contributed by atoms with E-state index in [1.165, 1.54) is 31.8 Å². The number of para-hydroxylation sites is 1. The van der Waals surface area contributed by atoms with E-state index in [1.807, 2.05) is 49.3 Å². The number of hydrogen-bond donors (Lipinski definition) is 4. The summed E-state index contributed by atoms with van der Waals surface area (Å²) in [7, 11) is 1.37. The molecule has 2 aliphatic rings. The predicted molar refractivity (Wildman–Crippen MR) is 191 cm³/mol. The van der Waals surface area contributed by atoms with Gasteiger partial charge in [-0.3, -0.25) is 14.2 Å². The molecule has 0 aliphatic carbocycles. The van der Waals surface area contributed by atoms with E-state index in [1.54, 1.807) is 19.4 Å². The van der Waals surface area contributed by atoms with E-state index in [0.717, 1.165) is 48.0 Å². The highest BCUT2D eigenvalue weighted by molar-refractivity contribution is 7.70. The van der Waals surface area contributed by atoms with Crippen molar-refractivity contribution in [3.8, 4) is 11.8 Å². The summed E-state index contributed by atoms with van der Waals surface area (Å²) in [5.74, 6) is 5.97. The van der Waals surface area contributed by atoms with Crippen LogP contribution in [0.5, 0.6) is 0 Å². The maximum absolute atomic E-state index is 13.1. The molecular formula is C34H48Cl2N6O2P+. The topological polar surface area (TPSA) is 85.5 Å². The van der Waals surface area contributed by atoms with Crippen LogP contribution < -0.4 is 26.6 Å². The van der Waals surface area contributed by atoms with E-state index >= 15 is 0 Å². The molecule has 1 amide bonds. The number of benzene rings is 2. The molecule has 2 heterocycles. The zero-order valence-corrected chi connectivity index (χ0v) is 29.4. The Labute approximate surface area is 279 Å². The molecule has 2 fully saturated rings. The van der Waals surface area contributed by atoms with Crippen LogP contribution >= 0.6 is 30.3 Å². The van der Waals surface area contributed by atoms with E-state index in [9.17, 15) is 9.36 Å². The van der Waals surface area contributed by atoms with Gasteiger partial charge in [0.25, 0.3) is 0 Å². The second-order valence-electron chi connectivity index (χ2n) is 12.8. The number of nitrogens with one attached hydrogen (secondary N) is 4. The van der Waals surface area contributed by atoms with Crippen molar-refractivity contribution >= 4 is 58.6 Å². The van der Waals surface area contributed by atoms with Crippen LogP contribution in [0.1, 0.15) is 44.1 Å². The van der Waals surface area contributed by atoms with Gasteiger partial charge in [-0.05, 0) is 83.4 Å². The monoisotopic (exact) mass is 673 g/mol.